The van der Waals surface area contributed by atoms with Crippen molar-refractivity contribution in [2.75, 3.05) is 46.4 Å². The molecule has 8 nitrogen and oxygen atoms in total. The summed E-state index contributed by atoms with van der Waals surface area (Å²) in [6.45, 7) is 4.99. The van der Waals surface area contributed by atoms with Crippen molar-refractivity contribution in [2.45, 2.75) is 26.2 Å². The molecule has 2 aliphatic heterocycles. The largest absolute Gasteiger partial charge is 0.465 e. The van der Waals surface area contributed by atoms with Crippen LogP contribution >= 0.6 is 0 Å². The number of nitrogens with zero attached hydrogens (tertiary/aromatic N) is 4. The maximum Gasteiger partial charge on any atom is 0.320 e. The lowest BCUT2D eigenvalue weighted by Gasteiger charge is -2.25. The lowest BCUT2D eigenvalue weighted by atomic mass is 10.1. The average molecular weight is 324 g/mol. The van der Waals surface area contributed by atoms with Gasteiger partial charge in [0.15, 0.2) is 0 Å². The van der Waals surface area contributed by atoms with Crippen LogP contribution in [0, 0.1) is 0 Å². The maximum atomic E-state index is 12.5. The van der Waals surface area contributed by atoms with Crippen molar-refractivity contribution in [3.8, 4) is 0 Å². The summed E-state index contributed by atoms with van der Waals surface area (Å²) in [6.07, 6.45) is 1.52. The first kappa shape index (κ1) is 17.4. The molecule has 2 heterocycles. The summed E-state index contributed by atoms with van der Waals surface area (Å²) in [5, 5.41) is 5.32. The predicted octanol–water partition coefficient (Wildman–Crippen LogP) is -0.308. The maximum absolute atomic E-state index is 12.5. The molecule has 0 aromatic rings. The molecule has 2 amide bonds. The van der Waals surface area contributed by atoms with Crippen LogP contribution in [0.3, 0.4) is 0 Å². The van der Waals surface area contributed by atoms with Crippen LogP contribution in [-0.4, -0.2) is 84.7 Å². The molecule has 128 valence electrons. The lowest BCUT2D eigenvalue weighted by molar-refractivity contribution is -0.144. The fourth-order valence-electron chi connectivity index (χ4n) is 2.73. The van der Waals surface area contributed by atoms with Gasteiger partial charge in [-0.1, -0.05) is 0 Å². The van der Waals surface area contributed by atoms with E-state index in [1.165, 1.54) is 5.01 Å². The van der Waals surface area contributed by atoms with Crippen LogP contribution in [0.5, 0.6) is 0 Å². The quantitative estimate of drug-likeness (QED) is 0.663. The van der Waals surface area contributed by atoms with E-state index in [0.717, 1.165) is 13.0 Å². The van der Waals surface area contributed by atoms with Crippen LogP contribution in [0.1, 0.15) is 26.2 Å². The first-order chi connectivity index (χ1) is 11.0. The smallest absolute Gasteiger partial charge is 0.320 e. The second-order valence-corrected chi connectivity index (χ2v) is 5.69. The van der Waals surface area contributed by atoms with E-state index in [2.05, 4.69) is 5.10 Å². The molecule has 0 saturated carbocycles. The second-order valence-electron chi connectivity index (χ2n) is 5.69. The van der Waals surface area contributed by atoms with Gasteiger partial charge in [0.05, 0.1) is 13.2 Å². The molecule has 1 saturated heterocycles. The number of ether oxygens (including phenoxy) is 1. The number of esters is 1. The molecular weight excluding hydrogens is 300 g/mol. The first-order valence-electron chi connectivity index (χ1n) is 8.02. The zero-order valence-electron chi connectivity index (χ0n) is 13.8. The van der Waals surface area contributed by atoms with E-state index in [1.54, 1.807) is 18.9 Å². The van der Waals surface area contributed by atoms with Crippen LogP contribution in [0.25, 0.3) is 0 Å². The Bertz CT molecular complexity index is 506. The third-order valence-corrected chi connectivity index (χ3v) is 3.99. The van der Waals surface area contributed by atoms with Gasteiger partial charge in [-0.05, 0) is 13.3 Å². The van der Waals surface area contributed by atoms with Crippen LogP contribution in [0.4, 0.5) is 0 Å². The molecule has 0 aromatic heterocycles. The minimum Gasteiger partial charge on any atom is -0.465 e. The predicted molar refractivity (Wildman–Crippen MR) is 83.7 cm³/mol. The minimum absolute atomic E-state index is 0.0713. The number of carbonyl (C=O) groups is 3. The van der Waals surface area contributed by atoms with Crippen LogP contribution in [0.15, 0.2) is 5.10 Å². The number of hydrazone groups is 1. The number of rotatable bonds is 4. The van der Waals surface area contributed by atoms with Gasteiger partial charge in [0.25, 0.3) is 5.91 Å². The van der Waals surface area contributed by atoms with Crippen molar-refractivity contribution in [3.05, 3.63) is 0 Å². The molecule has 2 rings (SSSR count). The molecule has 0 aliphatic carbocycles. The van der Waals surface area contributed by atoms with Gasteiger partial charge >= 0.3 is 5.97 Å². The van der Waals surface area contributed by atoms with E-state index >= 15 is 0 Å². The van der Waals surface area contributed by atoms with Gasteiger partial charge in [0, 0.05) is 46.1 Å². The van der Waals surface area contributed by atoms with Crippen LogP contribution < -0.4 is 0 Å². The molecule has 0 radical (unpaired) electrons. The summed E-state index contributed by atoms with van der Waals surface area (Å²) in [5.74, 6) is -0.413. The van der Waals surface area contributed by atoms with Gasteiger partial charge in [0.1, 0.15) is 5.71 Å². The van der Waals surface area contributed by atoms with Crippen molar-refractivity contribution in [1.82, 2.24) is 14.8 Å². The standard InChI is InChI=1S/C15H24N4O4/c1-3-23-14(21)11-18-7-4-8-19(10-9-18)15(22)12-5-6-13(20)17(2)16-12/h3-11H2,1-2H3. The molecular formula is C15H24N4O4. The minimum atomic E-state index is -0.232. The monoisotopic (exact) mass is 324 g/mol. The SMILES string of the molecule is CCOC(=O)CN1CCCN(C(=O)C2=NN(C)C(=O)CC2)CC1. The van der Waals surface area contributed by atoms with E-state index in [-0.39, 0.29) is 24.3 Å². The second kappa shape index (κ2) is 8.05. The van der Waals surface area contributed by atoms with E-state index in [9.17, 15) is 14.4 Å². The van der Waals surface area contributed by atoms with Crippen LogP contribution in [-0.2, 0) is 19.1 Å². The fraction of sp³-hybridized carbons (Fsp3) is 0.733. The first-order valence-corrected chi connectivity index (χ1v) is 8.02. The Kier molecular flexibility index (Phi) is 6.09. The van der Waals surface area contributed by atoms with E-state index in [4.69, 9.17) is 4.74 Å². The summed E-state index contributed by atoms with van der Waals surface area (Å²) in [6, 6.07) is 0. The van der Waals surface area contributed by atoms with Gasteiger partial charge < -0.3 is 9.64 Å². The Morgan fingerprint density at radius 2 is 1.96 bits per heavy atom. The average Bonchev–Trinajstić information content (AvgIpc) is 2.75. The molecule has 0 N–H and O–H groups in total. The summed E-state index contributed by atoms with van der Waals surface area (Å²) in [7, 11) is 1.57. The van der Waals surface area contributed by atoms with Crippen molar-refractivity contribution in [3.63, 3.8) is 0 Å². The molecule has 0 aromatic carbocycles. The zero-order chi connectivity index (χ0) is 16.8. The van der Waals surface area contributed by atoms with Gasteiger partial charge in [-0.3, -0.25) is 19.3 Å². The Labute approximate surface area is 136 Å². The van der Waals surface area contributed by atoms with E-state index in [0.29, 0.717) is 44.8 Å². The summed E-state index contributed by atoms with van der Waals surface area (Å²) in [5.41, 5.74) is 0.436. The highest BCUT2D eigenvalue weighted by Gasteiger charge is 2.27. The topological polar surface area (TPSA) is 82.5 Å². The molecule has 0 unspecified atom stereocenters. The molecule has 0 bridgehead atoms. The van der Waals surface area contributed by atoms with Crippen molar-refractivity contribution < 1.29 is 19.1 Å². The highest BCUT2D eigenvalue weighted by Crippen LogP contribution is 2.11. The van der Waals surface area contributed by atoms with E-state index in [1.807, 2.05) is 4.90 Å². The normalized spacial score (nSPS) is 20.1. The van der Waals surface area contributed by atoms with Crippen molar-refractivity contribution in [1.29, 1.82) is 0 Å². The van der Waals surface area contributed by atoms with E-state index < -0.39 is 0 Å². The van der Waals surface area contributed by atoms with Crippen molar-refractivity contribution >= 4 is 23.5 Å². The Balaban J connectivity index is 1.90. The lowest BCUT2D eigenvalue weighted by Crippen LogP contribution is -2.42. The highest BCUT2D eigenvalue weighted by atomic mass is 16.5. The molecule has 0 spiro atoms. The van der Waals surface area contributed by atoms with Gasteiger partial charge in [-0.15, -0.1) is 0 Å². The van der Waals surface area contributed by atoms with Crippen LogP contribution in [0.2, 0.25) is 0 Å². The third-order valence-electron chi connectivity index (χ3n) is 3.99. The summed E-state index contributed by atoms with van der Waals surface area (Å²) >= 11 is 0. The Morgan fingerprint density at radius 1 is 1.17 bits per heavy atom. The molecule has 0 atom stereocenters. The number of amides is 2. The Morgan fingerprint density at radius 3 is 2.65 bits per heavy atom. The summed E-state index contributed by atoms with van der Waals surface area (Å²) < 4.78 is 4.96. The number of hydrogen-bond donors (Lipinski definition) is 0. The zero-order valence-corrected chi connectivity index (χ0v) is 13.8. The fourth-order valence-corrected chi connectivity index (χ4v) is 2.73. The third kappa shape index (κ3) is 4.75. The number of carbonyl (C=O) groups excluding carboxylic acids is 3. The number of hydrogen-bond acceptors (Lipinski definition) is 6. The molecule has 23 heavy (non-hydrogen) atoms. The van der Waals surface area contributed by atoms with Gasteiger partial charge in [-0.25, -0.2) is 5.01 Å². The Hall–Kier alpha value is -1.96. The molecule has 8 heteroatoms. The highest BCUT2D eigenvalue weighted by molar-refractivity contribution is 6.39. The summed E-state index contributed by atoms with van der Waals surface area (Å²) in [4.78, 5) is 39.3. The molecule has 1 fully saturated rings. The van der Waals surface area contributed by atoms with Gasteiger partial charge in [0.2, 0.25) is 5.91 Å². The van der Waals surface area contributed by atoms with Gasteiger partial charge in [-0.2, -0.15) is 5.10 Å². The van der Waals surface area contributed by atoms with Crippen molar-refractivity contribution in [2.24, 2.45) is 5.10 Å². The molecule has 2 aliphatic rings.